The van der Waals surface area contributed by atoms with Gasteiger partial charge < -0.3 is 15.5 Å². The lowest BCUT2D eigenvalue weighted by molar-refractivity contribution is -0.671. The summed E-state index contributed by atoms with van der Waals surface area (Å²) in [7, 11) is 0. The van der Waals surface area contributed by atoms with Crippen LogP contribution in [0.25, 0.3) is 0 Å². The molecule has 4 aliphatic rings. The molecule has 0 bridgehead atoms. The predicted octanol–water partition coefficient (Wildman–Crippen LogP) is 2.71. The molecule has 3 heteroatoms. The number of hydrogen-bond donors (Lipinski definition) is 3. The Hall–Kier alpha value is -0.120. The smallest absolute Gasteiger partial charge is 0.119 e. The highest BCUT2D eigenvalue weighted by Gasteiger charge is 2.64. The first kappa shape index (κ1) is 18.3. The van der Waals surface area contributed by atoms with Gasteiger partial charge in [-0.25, -0.2) is 0 Å². The summed E-state index contributed by atoms with van der Waals surface area (Å²) < 4.78 is 0. The summed E-state index contributed by atoms with van der Waals surface area (Å²) >= 11 is 0. The number of aliphatic hydroxyl groups excluding tert-OH is 1. The summed E-state index contributed by atoms with van der Waals surface area (Å²) in [4.78, 5) is 0. The van der Waals surface area contributed by atoms with Gasteiger partial charge in [0.15, 0.2) is 0 Å². The molecule has 4 fully saturated rings. The Morgan fingerprint density at radius 1 is 0.920 bits per heavy atom. The van der Waals surface area contributed by atoms with E-state index in [0.29, 0.717) is 5.41 Å². The molecule has 0 amide bonds. The maximum Gasteiger partial charge on any atom is 0.119 e. The molecule has 7 atom stereocenters. The van der Waals surface area contributed by atoms with Gasteiger partial charge in [0.05, 0.1) is 13.2 Å². The van der Waals surface area contributed by atoms with Crippen LogP contribution < -0.4 is 5.32 Å². The summed E-state index contributed by atoms with van der Waals surface area (Å²) in [6, 6.07) is 0. The SMILES string of the molecule is C[C@@]12CCCC[C@H]1CC[C@@H]1[C@H]3CC[C@](O)(C[NH2+]CCO)[C@@]3(C)CC[C@@H]12. The summed E-state index contributed by atoms with van der Waals surface area (Å²) in [5.74, 6) is 3.46. The summed E-state index contributed by atoms with van der Waals surface area (Å²) in [5.41, 5.74) is 0.159. The second-order valence-electron chi connectivity index (χ2n) is 10.4. The average molecular weight is 351 g/mol. The van der Waals surface area contributed by atoms with Crippen molar-refractivity contribution in [2.75, 3.05) is 19.7 Å². The third-order valence-electron chi connectivity index (χ3n) is 9.72. The third-order valence-corrected chi connectivity index (χ3v) is 9.72. The van der Waals surface area contributed by atoms with E-state index in [1.807, 2.05) is 0 Å². The zero-order valence-electron chi connectivity index (χ0n) is 16.5. The van der Waals surface area contributed by atoms with Crippen LogP contribution in [-0.2, 0) is 0 Å². The molecule has 0 aromatic carbocycles. The van der Waals surface area contributed by atoms with E-state index in [1.165, 1.54) is 57.8 Å². The molecule has 0 saturated heterocycles. The summed E-state index contributed by atoms with van der Waals surface area (Å²) in [5, 5.41) is 22.8. The number of rotatable bonds is 4. The fraction of sp³-hybridized carbons (Fsp3) is 1.00. The molecule has 0 unspecified atom stereocenters. The number of fused-ring (bicyclic) bond motifs is 5. The quantitative estimate of drug-likeness (QED) is 0.683. The van der Waals surface area contributed by atoms with Crippen LogP contribution in [0.1, 0.15) is 78.1 Å². The lowest BCUT2D eigenvalue weighted by Crippen LogP contribution is -2.90. The molecular formula is C22H40NO2+. The van der Waals surface area contributed by atoms with E-state index < -0.39 is 5.60 Å². The molecule has 25 heavy (non-hydrogen) atoms. The van der Waals surface area contributed by atoms with E-state index in [1.54, 1.807) is 0 Å². The van der Waals surface area contributed by atoms with Gasteiger partial charge in [0.2, 0.25) is 0 Å². The van der Waals surface area contributed by atoms with Crippen LogP contribution in [0.15, 0.2) is 0 Å². The monoisotopic (exact) mass is 350 g/mol. The van der Waals surface area contributed by atoms with Crippen molar-refractivity contribution in [2.24, 2.45) is 34.5 Å². The fourth-order valence-corrected chi connectivity index (χ4v) is 8.17. The molecule has 0 aliphatic heterocycles. The average Bonchev–Trinajstić information content (AvgIpc) is 2.86. The fourth-order valence-electron chi connectivity index (χ4n) is 8.17. The van der Waals surface area contributed by atoms with Crippen molar-refractivity contribution >= 4 is 0 Å². The molecule has 0 heterocycles. The number of nitrogens with two attached hydrogens (primary N) is 1. The molecule has 4 rings (SSSR count). The maximum atomic E-state index is 11.5. The van der Waals surface area contributed by atoms with Gasteiger partial charge >= 0.3 is 0 Å². The largest absolute Gasteiger partial charge is 0.391 e. The van der Waals surface area contributed by atoms with E-state index >= 15 is 0 Å². The molecule has 0 aromatic rings. The minimum atomic E-state index is -0.526. The lowest BCUT2D eigenvalue weighted by Gasteiger charge is -2.61. The van der Waals surface area contributed by atoms with Crippen molar-refractivity contribution in [3.63, 3.8) is 0 Å². The molecule has 4 N–H and O–H groups in total. The van der Waals surface area contributed by atoms with Gasteiger partial charge in [-0.05, 0) is 80.5 Å². The van der Waals surface area contributed by atoms with Gasteiger partial charge in [-0.2, -0.15) is 0 Å². The van der Waals surface area contributed by atoms with Crippen LogP contribution >= 0.6 is 0 Å². The topological polar surface area (TPSA) is 57.1 Å². The molecule has 4 aliphatic carbocycles. The van der Waals surface area contributed by atoms with E-state index in [4.69, 9.17) is 5.11 Å². The predicted molar refractivity (Wildman–Crippen MR) is 100 cm³/mol. The Bertz CT molecular complexity index is 496. The second kappa shape index (κ2) is 6.49. The van der Waals surface area contributed by atoms with Crippen molar-refractivity contribution in [3.05, 3.63) is 0 Å². The Kier molecular flexibility index (Phi) is 4.74. The van der Waals surface area contributed by atoms with Crippen molar-refractivity contribution in [1.82, 2.24) is 0 Å². The van der Waals surface area contributed by atoms with Gasteiger partial charge in [-0.3, -0.25) is 0 Å². The standard InChI is InChI=1S/C22H39NO2/c1-20-10-4-3-5-16(20)6-7-17-18(20)8-11-21(2)19(17)9-12-22(21,25)15-23-13-14-24/h16-19,23-25H,3-15H2,1-2H3/p+1/t16-,17-,18-,19+,20+,21-,22-/m0/s1. The van der Waals surface area contributed by atoms with Gasteiger partial charge in [0.1, 0.15) is 12.1 Å². The molecule has 0 radical (unpaired) electrons. The Morgan fingerprint density at radius 2 is 1.72 bits per heavy atom. The maximum absolute atomic E-state index is 11.5. The normalized spacial score (nSPS) is 52.3. The molecule has 3 nitrogen and oxygen atoms in total. The van der Waals surface area contributed by atoms with E-state index in [2.05, 4.69) is 19.2 Å². The highest BCUT2D eigenvalue weighted by atomic mass is 16.3. The second-order valence-corrected chi connectivity index (χ2v) is 10.4. The first-order valence-corrected chi connectivity index (χ1v) is 11.1. The highest BCUT2D eigenvalue weighted by molar-refractivity contribution is 5.13. The minimum Gasteiger partial charge on any atom is -0.391 e. The van der Waals surface area contributed by atoms with Gasteiger partial charge in [0.25, 0.3) is 0 Å². The first-order chi connectivity index (χ1) is 11.9. The van der Waals surface area contributed by atoms with E-state index in [9.17, 15) is 5.11 Å². The van der Waals surface area contributed by atoms with Crippen molar-refractivity contribution < 1.29 is 15.5 Å². The van der Waals surface area contributed by atoms with Crippen LogP contribution in [0.5, 0.6) is 0 Å². The summed E-state index contributed by atoms with van der Waals surface area (Å²) in [6.07, 6.45) is 13.4. The first-order valence-electron chi connectivity index (χ1n) is 11.1. The van der Waals surface area contributed by atoms with Crippen LogP contribution in [-0.4, -0.2) is 35.5 Å². The van der Waals surface area contributed by atoms with Crippen molar-refractivity contribution in [2.45, 2.75) is 83.7 Å². The molecule has 0 spiro atoms. The van der Waals surface area contributed by atoms with Crippen LogP contribution in [0.3, 0.4) is 0 Å². The number of hydrogen-bond acceptors (Lipinski definition) is 2. The minimum absolute atomic E-state index is 0.0952. The van der Waals surface area contributed by atoms with E-state index in [-0.39, 0.29) is 12.0 Å². The van der Waals surface area contributed by atoms with Crippen LogP contribution in [0.4, 0.5) is 0 Å². The van der Waals surface area contributed by atoms with Gasteiger partial charge in [-0.1, -0.05) is 26.7 Å². The zero-order chi connectivity index (χ0) is 17.7. The molecular weight excluding hydrogens is 310 g/mol. The van der Waals surface area contributed by atoms with Crippen LogP contribution in [0, 0.1) is 34.5 Å². The third kappa shape index (κ3) is 2.63. The Labute approximate surface area is 154 Å². The molecule has 0 aromatic heterocycles. The number of quaternary nitrogens is 1. The van der Waals surface area contributed by atoms with Gasteiger partial charge in [-0.15, -0.1) is 0 Å². The van der Waals surface area contributed by atoms with Gasteiger partial charge in [0, 0.05) is 5.41 Å². The zero-order valence-corrected chi connectivity index (χ0v) is 16.5. The lowest BCUT2D eigenvalue weighted by atomic mass is 9.44. The van der Waals surface area contributed by atoms with Crippen molar-refractivity contribution in [3.8, 4) is 0 Å². The molecule has 144 valence electrons. The van der Waals surface area contributed by atoms with Crippen molar-refractivity contribution in [1.29, 1.82) is 0 Å². The highest BCUT2D eigenvalue weighted by Crippen LogP contribution is 2.67. The summed E-state index contributed by atoms with van der Waals surface area (Å²) in [6.45, 7) is 6.74. The Balaban J connectivity index is 1.55. The number of aliphatic hydroxyl groups is 2. The Morgan fingerprint density at radius 3 is 2.52 bits per heavy atom. The van der Waals surface area contributed by atoms with Crippen LogP contribution in [0.2, 0.25) is 0 Å². The van der Waals surface area contributed by atoms with E-state index in [0.717, 1.165) is 43.2 Å². The molecule has 4 saturated carbocycles.